The van der Waals surface area contributed by atoms with Gasteiger partial charge in [-0.25, -0.2) is 0 Å². The maximum absolute atomic E-state index is 3.78. The highest BCUT2D eigenvalue weighted by molar-refractivity contribution is 5.51. The average Bonchev–Trinajstić information content (AvgIpc) is 3.00. The minimum Gasteiger partial charge on any atom is -0.382 e. The molecule has 1 aromatic rings. The number of anilines is 1. The summed E-state index contributed by atoms with van der Waals surface area (Å²) in [6, 6.07) is 9.40. The zero-order chi connectivity index (χ0) is 14.4. The van der Waals surface area contributed by atoms with Crippen LogP contribution >= 0.6 is 0 Å². The summed E-state index contributed by atoms with van der Waals surface area (Å²) in [7, 11) is 0. The molecule has 0 aromatic heterocycles. The number of nitrogens with zero attached hydrogens (tertiary/aromatic N) is 1. The molecule has 0 bridgehead atoms. The van der Waals surface area contributed by atoms with Gasteiger partial charge in [-0.2, -0.15) is 0 Å². The minimum atomic E-state index is 0.593. The lowest BCUT2D eigenvalue weighted by Crippen LogP contribution is -2.26. The Bertz CT molecular complexity index is 392. The van der Waals surface area contributed by atoms with Crippen molar-refractivity contribution in [2.45, 2.75) is 59.0 Å². The normalized spacial score (nSPS) is 17.6. The first-order valence-corrected chi connectivity index (χ1v) is 8.31. The molecule has 1 unspecified atom stereocenters. The topological polar surface area (TPSA) is 15.3 Å². The fraction of sp³-hybridized carbons (Fsp3) is 0.667. The van der Waals surface area contributed by atoms with Crippen LogP contribution in [-0.2, 0) is 6.54 Å². The van der Waals surface area contributed by atoms with Gasteiger partial charge in [0, 0.05) is 18.3 Å². The maximum atomic E-state index is 3.78. The van der Waals surface area contributed by atoms with E-state index in [0.29, 0.717) is 6.04 Å². The van der Waals surface area contributed by atoms with Crippen LogP contribution in [0.4, 0.5) is 5.69 Å². The molecule has 2 rings (SSSR count). The van der Waals surface area contributed by atoms with E-state index in [0.717, 1.165) is 25.6 Å². The fourth-order valence-corrected chi connectivity index (χ4v) is 3.31. The number of hydrogen-bond acceptors (Lipinski definition) is 2. The number of rotatable bonds is 7. The summed E-state index contributed by atoms with van der Waals surface area (Å²) in [4.78, 5) is 2.47. The molecule has 1 fully saturated rings. The minimum absolute atomic E-state index is 0.593. The number of hydrogen-bond donors (Lipinski definition) is 1. The Morgan fingerprint density at radius 2 is 1.80 bits per heavy atom. The fourth-order valence-electron chi connectivity index (χ4n) is 3.31. The highest BCUT2D eigenvalue weighted by Crippen LogP contribution is 2.30. The van der Waals surface area contributed by atoms with Crippen molar-refractivity contribution >= 4 is 5.69 Å². The molecule has 1 N–H and O–H groups in total. The molecule has 0 aliphatic heterocycles. The van der Waals surface area contributed by atoms with Crippen LogP contribution in [0.5, 0.6) is 0 Å². The molecule has 20 heavy (non-hydrogen) atoms. The van der Waals surface area contributed by atoms with Gasteiger partial charge in [0.15, 0.2) is 0 Å². The molecule has 0 amide bonds. The van der Waals surface area contributed by atoms with E-state index >= 15 is 0 Å². The second-order valence-corrected chi connectivity index (χ2v) is 6.10. The van der Waals surface area contributed by atoms with Crippen molar-refractivity contribution in [3.63, 3.8) is 0 Å². The first kappa shape index (κ1) is 15.4. The van der Waals surface area contributed by atoms with Gasteiger partial charge in [-0.3, -0.25) is 4.90 Å². The van der Waals surface area contributed by atoms with Gasteiger partial charge in [0.1, 0.15) is 0 Å². The lowest BCUT2D eigenvalue weighted by Gasteiger charge is -2.25. The molecule has 1 aliphatic rings. The first-order chi connectivity index (χ1) is 9.74. The average molecular weight is 274 g/mol. The lowest BCUT2D eigenvalue weighted by atomic mass is 9.99. The molecule has 0 saturated heterocycles. The van der Waals surface area contributed by atoms with Crippen LogP contribution in [0, 0.1) is 5.92 Å². The van der Waals surface area contributed by atoms with Crippen molar-refractivity contribution in [1.29, 1.82) is 0 Å². The van der Waals surface area contributed by atoms with Gasteiger partial charge in [-0.05, 0) is 50.4 Å². The zero-order valence-electron chi connectivity index (χ0n) is 13.4. The highest BCUT2D eigenvalue weighted by Gasteiger charge is 2.21. The van der Waals surface area contributed by atoms with E-state index in [9.17, 15) is 0 Å². The maximum Gasteiger partial charge on any atom is 0.0388 e. The van der Waals surface area contributed by atoms with E-state index < -0.39 is 0 Å². The Labute approximate surface area is 124 Å². The summed E-state index contributed by atoms with van der Waals surface area (Å²) in [5.41, 5.74) is 2.76. The predicted molar refractivity (Wildman–Crippen MR) is 88.1 cm³/mol. The largest absolute Gasteiger partial charge is 0.382 e. The molecule has 0 spiro atoms. The van der Waals surface area contributed by atoms with Crippen LogP contribution in [0.25, 0.3) is 0 Å². The van der Waals surface area contributed by atoms with Crippen LogP contribution in [0.15, 0.2) is 24.3 Å². The van der Waals surface area contributed by atoms with E-state index in [-0.39, 0.29) is 0 Å². The van der Waals surface area contributed by atoms with E-state index in [1.807, 2.05) is 0 Å². The molecule has 1 aromatic carbocycles. The summed E-state index contributed by atoms with van der Waals surface area (Å²) in [5.74, 6) is 0.858. The summed E-state index contributed by atoms with van der Waals surface area (Å²) in [5, 5.41) is 3.78. The van der Waals surface area contributed by atoms with Gasteiger partial charge < -0.3 is 5.32 Å². The highest BCUT2D eigenvalue weighted by atomic mass is 15.1. The third-order valence-electron chi connectivity index (χ3n) is 4.80. The molecule has 0 heterocycles. The number of nitrogens with one attached hydrogen (secondary N) is 1. The van der Waals surface area contributed by atoms with Crippen molar-refractivity contribution in [2.75, 3.05) is 18.4 Å². The molecule has 2 nitrogen and oxygen atoms in total. The smallest absolute Gasteiger partial charge is 0.0388 e. The SMILES string of the molecule is CCN(CC)Cc1ccccc1NC(C)C1CCCC1. The Morgan fingerprint density at radius 1 is 1.15 bits per heavy atom. The number of para-hydroxylation sites is 1. The first-order valence-electron chi connectivity index (χ1n) is 8.31. The van der Waals surface area contributed by atoms with Crippen molar-refractivity contribution in [3.05, 3.63) is 29.8 Å². The van der Waals surface area contributed by atoms with Gasteiger partial charge >= 0.3 is 0 Å². The van der Waals surface area contributed by atoms with Crippen LogP contribution in [0.2, 0.25) is 0 Å². The van der Waals surface area contributed by atoms with Crippen LogP contribution in [-0.4, -0.2) is 24.0 Å². The molecule has 1 aliphatic carbocycles. The third-order valence-corrected chi connectivity index (χ3v) is 4.80. The van der Waals surface area contributed by atoms with Gasteiger partial charge in [0.25, 0.3) is 0 Å². The molecule has 2 heteroatoms. The van der Waals surface area contributed by atoms with Crippen LogP contribution in [0.1, 0.15) is 52.0 Å². The molecule has 0 radical (unpaired) electrons. The molecule has 1 atom stereocenters. The standard InChI is InChI=1S/C18H30N2/c1-4-20(5-2)14-17-12-8-9-13-18(17)19-15(3)16-10-6-7-11-16/h8-9,12-13,15-16,19H,4-7,10-11,14H2,1-3H3. The van der Waals surface area contributed by atoms with Gasteiger partial charge in [0.05, 0.1) is 0 Å². The van der Waals surface area contributed by atoms with E-state index in [4.69, 9.17) is 0 Å². The van der Waals surface area contributed by atoms with Crippen LogP contribution < -0.4 is 5.32 Å². The predicted octanol–water partition coefficient (Wildman–Crippen LogP) is 4.52. The van der Waals surface area contributed by atoms with Crippen LogP contribution in [0.3, 0.4) is 0 Å². The molecular formula is C18H30N2. The summed E-state index contributed by atoms with van der Waals surface area (Å²) in [6.07, 6.45) is 5.62. The van der Waals surface area contributed by atoms with Crippen molar-refractivity contribution in [1.82, 2.24) is 4.90 Å². The Kier molecular flexibility index (Phi) is 5.90. The quantitative estimate of drug-likeness (QED) is 0.786. The van der Waals surface area contributed by atoms with E-state index in [1.54, 1.807) is 0 Å². The van der Waals surface area contributed by atoms with Gasteiger partial charge in [-0.15, -0.1) is 0 Å². The summed E-state index contributed by atoms with van der Waals surface area (Å²) in [6.45, 7) is 10.1. The van der Waals surface area contributed by atoms with Gasteiger partial charge in [0.2, 0.25) is 0 Å². The second-order valence-electron chi connectivity index (χ2n) is 6.10. The van der Waals surface area contributed by atoms with Crippen molar-refractivity contribution in [2.24, 2.45) is 5.92 Å². The summed E-state index contributed by atoms with van der Waals surface area (Å²) >= 11 is 0. The summed E-state index contributed by atoms with van der Waals surface area (Å²) < 4.78 is 0. The third kappa shape index (κ3) is 3.99. The lowest BCUT2D eigenvalue weighted by molar-refractivity contribution is 0.296. The second kappa shape index (κ2) is 7.68. The van der Waals surface area contributed by atoms with Gasteiger partial charge in [-0.1, -0.05) is 44.9 Å². The monoisotopic (exact) mass is 274 g/mol. The molecule has 1 saturated carbocycles. The Morgan fingerprint density at radius 3 is 2.45 bits per heavy atom. The van der Waals surface area contributed by atoms with Crippen molar-refractivity contribution in [3.8, 4) is 0 Å². The number of benzene rings is 1. The Balaban J connectivity index is 2.03. The molecule has 112 valence electrons. The van der Waals surface area contributed by atoms with E-state index in [1.165, 1.54) is 36.9 Å². The zero-order valence-corrected chi connectivity index (χ0v) is 13.4. The van der Waals surface area contributed by atoms with Crippen molar-refractivity contribution < 1.29 is 0 Å². The molecular weight excluding hydrogens is 244 g/mol. The van der Waals surface area contributed by atoms with E-state index in [2.05, 4.69) is 55.3 Å². The Hall–Kier alpha value is -1.02.